The Morgan fingerprint density at radius 1 is 0.727 bits per heavy atom. The highest BCUT2D eigenvalue weighted by atomic mass is 32.2. The van der Waals surface area contributed by atoms with Gasteiger partial charge in [0.15, 0.2) is 4.91 Å². The van der Waals surface area contributed by atoms with E-state index in [2.05, 4.69) is 6.58 Å². The summed E-state index contributed by atoms with van der Waals surface area (Å²) in [6.07, 6.45) is 6.05. The number of allylic oxidation sites excluding steroid dienone is 4. The average Bonchev–Trinajstić information content (AvgIpc) is 2.77. The van der Waals surface area contributed by atoms with Crippen molar-refractivity contribution in [1.82, 2.24) is 0 Å². The van der Waals surface area contributed by atoms with E-state index < -0.39 is 20.2 Å². The first-order valence-corrected chi connectivity index (χ1v) is 13.0. The molecule has 0 saturated carbocycles. The van der Waals surface area contributed by atoms with Crippen LogP contribution >= 0.6 is 0 Å². The summed E-state index contributed by atoms with van der Waals surface area (Å²) in [7, 11) is -7.61. The smallest absolute Gasteiger partial charge is 0.332 e. The van der Waals surface area contributed by atoms with Crippen molar-refractivity contribution in [2.45, 2.75) is 11.8 Å². The van der Waals surface area contributed by atoms with Gasteiger partial charge in [-0.3, -0.25) is 8.37 Å². The molecule has 9 nitrogen and oxygen atoms in total. The van der Waals surface area contributed by atoms with Gasteiger partial charge in [-0.15, -0.1) is 0 Å². The van der Waals surface area contributed by atoms with Crippen molar-refractivity contribution in [2.24, 2.45) is 0 Å². The minimum Gasteiger partial charge on any atom is -0.377 e. The molecule has 0 aromatic heterocycles. The normalized spacial score (nSPS) is 14.2. The zero-order valence-corrected chi connectivity index (χ0v) is 20.1. The molecule has 0 atom stereocenters. The molecule has 1 aliphatic carbocycles. The molecule has 0 N–H and O–H groups in total. The first-order chi connectivity index (χ1) is 15.7. The van der Waals surface area contributed by atoms with Gasteiger partial charge < -0.3 is 14.2 Å². The molecule has 0 unspecified atom stereocenters. The molecular formula is C22H29O9S2+. The van der Waals surface area contributed by atoms with Crippen LogP contribution in [0.4, 0.5) is 0 Å². The molecule has 0 aliphatic heterocycles. The fourth-order valence-electron chi connectivity index (χ4n) is 2.44. The Kier molecular flexibility index (Phi) is 11.3. The van der Waals surface area contributed by atoms with Crippen LogP contribution < -0.4 is 0 Å². The van der Waals surface area contributed by atoms with Gasteiger partial charge in [0.05, 0.1) is 63.3 Å². The number of aryl methyl sites for hydroxylation is 1. The molecule has 1 aromatic carbocycles. The van der Waals surface area contributed by atoms with E-state index in [1.807, 2.05) is 6.92 Å². The van der Waals surface area contributed by atoms with Crippen LogP contribution in [-0.2, 0) is 42.8 Å². The Morgan fingerprint density at radius 3 is 1.70 bits per heavy atom. The number of hydrogen-bond acceptors (Lipinski definition) is 9. The van der Waals surface area contributed by atoms with Gasteiger partial charge in [0.2, 0.25) is 0 Å². The van der Waals surface area contributed by atoms with E-state index in [0.29, 0.717) is 18.8 Å². The molecule has 0 spiro atoms. The van der Waals surface area contributed by atoms with Crippen LogP contribution in [-0.4, -0.2) is 69.7 Å². The van der Waals surface area contributed by atoms with Gasteiger partial charge in [0.25, 0.3) is 10.1 Å². The first-order valence-electron chi connectivity index (χ1n) is 10.2. The second kappa shape index (κ2) is 13.7. The predicted octanol–water partition coefficient (Wildman–Crippen LogP) is 2.31. The highest BCUT2D eigenvalue weighted by molar-refractivity contribution is 7.91. The summed E-state index contributed by atoms with van der Waals surface area (Å²) in [6.45, 7) is 6.67. The minimum atomic E-state index is -3.82. The third-order valence-corrected chi connectivity index (χ3v) is 6.85. The molecule has 2 rings (SSSR count). The number of ether oxygens (including phenoxy) is 3. The molecular weight excluding hydrogens is 472 g/mol. The zero-order chi connectivity index (χ0) is 24.2. The van der Waals surface area contributed by atoms with Gasteiger partial charge in [0.1, 0.15) is 0 Å². The maximum Gasteiger partial charge on any atom is 0.332 e. The summed E-state index contributed by atoms with van der Waals surface area (Å²) in [6, 6.07) is 6.39. The minimum absolute atomic E-state index is 0.0661. The monoisotopic (exact) mass is 501 g/mol. The number of hydrogen-bond donors (Lipinski definition) is 0. The zero-order valence-electron chi connectivity index (χ0n) is 18.5. The molecule has 0 saturated heterocycles. The van der Waals surface area contributed by atoms with Crippen LogP contribution in [0.1, 0.15) is 5.56 Å². The summed E-state index contributed by atoms with van der Waals surface area (Å²) in [4.78, 5) is 0.170. The summed E-state index contributed by atoms with van der Waals surface area (Å²) in [5.74, 6) is 0. The average molecular weight is 502 g/mol. The highest BCUT2D eigenvalue weighted by Crippen LogP contribution is 2.19. The van der Waals surface area contributed by atoms with Crippen LogP contribution in [0.15, 0.2) is 64.4 Å². The molecule has 0 amide bonds. The van der Waals surface area contributed by atoms with Crippen molar-refractivity contribution < 1.29 is 39.4 Å². The quantitative estimate of drug-likeness (QED) is 0.191. The Labute approximate surface area is 195 Å². The van der Waals surface area contributed by atoms with Gasteiger partial charge in [0, 0.05) is 24.6 Å². The second-order valence-electron chi connectivity index (χ2n) is 6.85. The van der Waals surface area contributed by atoms with Crippen molar-refractivity contribution in [3.63, 3.8) is 0 Å². The van der Waals surface area contributed by atoms with Crippen molar-refractivity contribution >= 4 is 20.2 Å². The summed E-state index contributed by atoms with van der Waals surface area (Å²) in [5.41, 5.74) is 1.67. The van der Waals surface area contributed by atoms with Crippen LogP contribution in [0.5, 0.6) is 0 Å². The predicted molar refractivity (Wildman–Crippen MR) is 122 cm³/mol. The summed E-state index contributed by atoms with van der Waals surface area (Å²) in [5, 5.41) is 0. The SMILES string of the molecule is C=C1C=CC(S(=O)(=O)OCCOCCOCCOCCOS(=O)(=O)c2ccc(C)cc2)=C[CH+]1. The highest BCUT2D eigenvalue weighted by Gasteiger charge is 2.23. The molecule has 0 fully saturated rings. The summed E-state index contributed by atoms with van der Waals surface area (Å²) >= 11 is 0. The molecule has 182 valence electrons. The second-order valence-corrected chi connectivity index (χ2v) is 10.1. The van der Waals surface area contributed by atoms with Crippen LogP contribution in [0, 0.1) is 13.3 Å². The van der Waals surface area contributed by atoms with Gasteiger partial charge in [-0.2, -0.15) is 16.8 Å². The Hall–Kier alpha value is -1.99. The standard InChI is InChI=1S/C22H29O9S2/c1-19-3-7-21(8-4-19)32(23,24)30-17-15-28-13-11-27-12-14-29-16-18-31-33(25,26)22-9-5-20(2)6-10-22/h3-10H,1,11-18H2,2H3/q+1. The lowest BCUT2D eigenvalue weighted by atomic mass is 10.1. The van der Waals surface area contributed by atoms with Gasteiger partial charge in [-0.25, -0.2) is 0 Å². The Bertz CT molecular complexity index is 1020. The van der Waals surface area contributed by atoms with Crippen LogP contribution in [0.3, 0.4) is 0 Å². The molecule has 0 heterocycles. The van der Waals surface area contributed by atoms with Crippen molar-refractivity contribution in [1.29, 1.82) is 0 Å². The molecule has 1 aliphatic rings. The lowest BCUT2D eigenvalue weighted by Crippen LogP contribution is -2.16. The third kappa shape index (κ3) is 10.2. The van der Waals surface area contributed by atoms with Crippen molar-refractivity contribution in [3.05, 3.63) is 71.5 Å². The number of rotatable bonds is 16. The lowest BCUT2D eigenvalue weighted by molar-refractivity contribution is 0.00564. The van der Waals surface area contributed by atoms with E-state index in [9.17, 15) is 16.8 Å². The van der Waals surface area contributed by atoms with E-state index in [0.717, 1.165) is 5.56 Å². The maximum absolute atomic E-state index is 12.0. The van der Waals surface area contributed by atoms with E-state index in [1.165, 1.54) is 24.3 Å². The van der Waals surface area contributed by atoms with E-state index in [-0.39, 0.29) is 49.4 Å². The van der Waals surface area contributed by atoms with Crippen LogP contribution in [0.25, 0.3) is 0 Å². The van der Waals surface area contributed by atoms with E-state index in [4.69, 9.17) is 22.6 Å². The summed E-state index contributed by atoms with van der Waals surface area (Å²) < 4.78 is 73.7. The molecule has 0 radical (unpaired) electrons. The lowest BCUT2D eigenvalue weighted by Gasteiger charge is -2.08. The molecule has 0 bridgehead atoms. The van der Waals surface area contributed by atoms with Crippen molar-refractivity contribution in [2.75, 3.05) is 52.9 Å². The largest absolute Gasteiger partial charge is 0.377 e. The molecule has 1 aromatic rings. The third-order valence-electron chi connectivity index (χ3n) is 4.20. The fourth-order valence-corrected chi connectivity index (χ4v) is 4.23. The van der Waals surface area contributed by atoms with Crippen LogP contribution in [0.2, 0.25) is 0 Å². The molecule has 11 heteroatoms. The van der Waals surface area contributed by atoms with Gasteiger partial charge in [-0.05, 0) is 25.6 Å². The van der Waals surface area contributed by atoms with Gasteiger partial charge in [-0.1, -0.05) is 17.7 Å². The topological polar surface area (TPSA) is 114 Å². The maximum atomic E-state index is 12.0. The van der Waals surface area contributed by atoms with Crippen molar-refractivity contribution in [3.8, 4) is 0 Å². The Morgan fingerprint density at radius 2 is 1.21 bits per heavy atom. The fraction of sp³-hybridized carbons (Fsp3) is 0.409. The molecule has 33 heavy (non-hydrogen) atoms. The number of benzene rings is 1. The first kappa shape index (κ1) is 27.3. The van der Waals surface area contributed by atoms with Gasteiger partial charge >= 0.3 is 10.1 Å². The van der Waals surface area contributed by atoms with E-state index >= 15 is 0 Å². The van der Waals surface area contributed by atoms with E-state index in [1.54, 1.807) is 24.6 Å². The Balaban J connectivity index is 1.43.